The molecule has 5 rings (SSSR count). The number of carbonyl (C=O) groups excluding carboxylic acids is 2. The molecule has 6 unspecified atom stereocenters. The van der Waals surface area contributed by atoms with E-state index in [4.69, 9.17) is 24.0 Å². The van der Waals surface area contributed by atoms with Gasteiger partial charge in [0, 0.05) is 0 Å². The first kappa shape index (κ1) is 19.8. The van der Waals surface area contributed by atoms with Crippen molar-refractivity contribution in [2.24, 2.45) is 10.8 Å². The van der Waals surface area contributed by atoms with Crippen LogP contribution in [0.25, 0.3) is 0 Å². The van der Waals surface area contributed by atoms with Crippen LogP contribution >= 0.6 is 0 Å². The lowest BCUT2D eigenvalue weighted by Crippen LogP contribution is -2.39. The lowest BCUT2D eigenvalue weighted by molar-refractivity contribution is -0.311. The summed E-state index contributed by atoms with van der Waals surface area (Å²) < 4.78 is 16.9. The van der Waals surface area contributed by atoms with E-state index >= 15 is 0 Å². The zero-order valence-corrected chi connectivity index (χ0v) is 17.4. The van der Waals surface area contributed by atoms with Crippen LogP contribution in [0.5, 0.6) is 0 Å². The fourth-order valence-electron chi connectivity index (χ4n) is 5.36. The van der Waals surface area contributed by atoms with Gasteiger partial charge in [0.2, 0.25) is 0 Å². The predicted molar refractivity (Wildman–Crippen MR) is 101 cm³/mol. The number of ether oxygens (including phenoxy) is 3. The molecule has 0 spiro atoms. The molecule has 0 aromatic heterocycles. The highest BCUT2D eigenvalue weighted by Gasteiger charge is 2.53. The second-order valence-electron chi connectivity index (χ2n) is 10.3. The zero-order chi connectivity index (χ0) is 20.2. The average molecular weight is 408 g/mol. The number of epoxide rings is 2. The summed E-state index contributed by atoms with van der Waals surface area (Å²) in [7, 11) is 0. The highest BCUT2D eigenvalue weighted by atomic mass is 17.2. The summed E-state index contributed by atoms with van der Waals surface area (Å²) in [5, 5.41) is 0. The molecule has 0 bridgehead atoms. The molecule has 3 aliphatic carbocycles. The van der Waals surface area contributed by atoms with Gasteiger partial charge in [-0.1, -0.05) is 0 Å². The largest absolute Gasteiger partial charge is 0.462 e. The van der Waals surface area contributed by atoms with Crippen molar-refractivity contribution >= 4 is 11.9 Å². The second-order valence-corrected chi connectivity index (χ2v) is 10.3. The van der Waals surface area contributed by atoms with Crippen molar-refractivity contribution in [3.8, 4) is 0 Å². The van der Waals surface area contributed by atoms with Gasteiger partial charge < -0.3 is 14.2 Å². The lowest BCUT2D eigenvalue weighted by atomic mass is 9.76. The molecule has 2 aliphatic heterocycles. The van der Waals surface area contributed by atoms with Crippen LogP contribution < -0.4 is 0 Å². The summed E-state index contributed by atoms with van der Waals surface area (Å²) >= 11 is 0. The Morgan fingerprint density at radius 2 is 1.24 bits per heavy atom. The third kappa shape index (κ3) is 4.06. The van der Waals surface area contributed by atoms with Crippen LogP contribution in [0.1, 0.15) is 78.1 Å². The molecule has 0 radical (unpaired) electrons. The van der Waals surface area contributed by atoms with E-state index in [2.05, 4.69) is 0 Å². The van der Waals surface area contributed by atoms with Crippen molar-refractivity contribution in [3.05, 3.63) is 0 Å². The Hall–Kier alpha value is -1.18. The molecule has 5 aliphatic rings. The first-order valence-corrected chi connectivity index (χ1v) is 11.2. The second kappa shape index (κ2) is 7.20. The number of hydrogen-bond acceptors (Lipinski definition) is 7. The molecule has 6 atom stereocenters. The maximum atomic E-state index is 12.7. The number of rotatable bonds is 5. The number of fused-ring (bicyclic) bond motifs is 2. The van der Waals surface area contributed by atoms with E-state index in [0.29, 0.717) is 18.6 Å². The Morgan fingerprint density at radius 3 is 1.79 bits per heavy atom. The molecule has 7 nitrogen and oxygen atoms in total. The quantitative estimate of drug-likeness (QED) is 0.299. The Bertz CT molecular complexity index is 672. The molecule has 0 amide bonds. The SMILES string of the molecule is CC1(C(=O)OOC2CCC(OC(=O)C3(C)CCC4OC4C3)CC2)CCC2OC2C1. The maximum absolute atomic E-state index is 12.7. The average Bonchev–Trinajstić information content (AvgIpc) is 3.61. The molecule has 0 aromatic rings. The molecule has 0 aromatic carbocycles. The fourth-order valence-corrected chi connectivity index (χ4v) is 5.36. The van der Waals surface area contributed by atoms with Crippen LogP contribution in [0.15, 0.2) is 0 Å². The van der Waals surface area contributed by atoms with E-state index in [9.17, 15) is 9.59 Å². The summed E-state index contributed by atoms with van der Waals surface area (Å²) in [6, 6.07) is 0. The van der Waals surface area contributed by atoms with Crippen molar-refractivity contribution in [1.82, 2.24) is 0 Å². The minimum atomic E-state index is -0.510. The van der Waals surface area contributed by atoms with Gasteiger partial charge in [-0.15, -0.1) is 0 Å². The Balaban J connectivity index is 1.03. The predicted octanol–water partition coefficient (Wildman–Crippen LogP) is 3.23. The molecule has 5 fully saturated rings. The molecule has 3 saturated carbocycles. The molecule has 162 valence electrons. The van der Waals surface area contributed by atoms with Gasteiger partial charge in [0.1, 0.15) is 12.2 Å². The summed E-state index contributed by atoms with van der Waals surface area (Å²) in [4.78, 5) is 35.9. The molecular formula is C22H32O7. The van der Waals surface area contributed by atoms with E-state index in [1.54, 1.807) is 0 Å². The van der Waals surface area contributed by atoms with Crippen LogP contribution in [0, 0.1) is 10.8 Å². The van der Waals surface area contributed by atoms with Crippen molar-refractivity contribution in [1.29, 1.82) is 0 Å². The summed E-state index contributed by atoms with van der Waals surface area (Å²) in [5.41, 5.74) is -0.926. The normalized spacial score (nSPS) is 48.1. The Kier molecular flexibility index (Phi) is 4.91. The number of carbonyl (C=O) groups is 2. The van der Waals surface area contributed by atoms with Gasteiger partial charge in [-0.25, -0.2) is 4.79 Å². The first-order chi connectivity index (χ1) is 13.8. The Labute approximate surface area is 171 Å². The summed E-state index contributed by atoms with van der Waals surface area (Å²) in [5.74, 6) is -0.376. The maximum Gasteiger partial charge on any atom is 0.348 e. The first-order valence-electron chi connectivity index (χ1n) is 11.2. The van der Waals surface area contributed by atoms with Gasteiger partial charge in [-0.2, -0.15) is 4.89 Å². The van der Waals surface area contributed by atoms with Crippen LogP contribution in [0.2, 0.25) is 0 Å². The van der Waals surface area contributed by atoms with Crippen LogP contribution in [0.3, 0.4) is 0 Å². The molecule has 2 saturated heterocycles. The van der Waals surface area contributed by atoms with Gasteiger partial charge in [-0.3, -0.25) is 9.68 Å². The summed E-state index contributed by atoms with van der Waals surface area (Å²) in [6.45, 7) is 3.94. The molecule has 2 heterocycles. The van der Waals surface area contributed by atoms with Gasteiger partial charge in [-0.05, 0) is 78.1 Å². The van der Waals surface area contributed by atoms with Crippen LogP contribution in [-0.2, 0) is 33.6 Å². The summed E-state index contributed by atoms with van der Waals surface area (Å²) in [6.07, 6.45) is 8.89. The standard InChI is InChI=1S/C22H32O7/c1-21(9-7-15-17(11-21)26-15)19(23)25-13-3-5-14(6-4-13)28-29-20(24)22(2)10-8-16-18(12-22)27-16/h13-18H,3-12H2,1-2H3. The molecule has 7 heteroatoms. The van der Waals surface area contributed by atoms with Crippen LogP contribution in [-0.4, -0.2) is 48.6 Å². The fraction of sp³-hybridized carbons (Fsp3) is 0.909. The minimum absolute atomic E-state index is 0.0764. The van der Waals surface area contributed by atoms with Gasteiger partial charge >= 0.3 is 11.9 Å². The third-order valence-electron chi connectivity index (χ3n) is 7.78. The molecule has 0 N–H and O–H groups in total. The minimum Gasteiger partial charge on any atom is -0.462 e. The van der Waals surface area contributed by atoms with Crippen molar-refractivity contribution in [2.45, 2.75) is 115 Å². The number of hydrogen-bond donors (Lipinski definition) is 0. The highest BCUT2D eigenvalue weighted by Crippen LogP contribution is 2.48. The van der Waals surface area contributed by atoms with Crippen LogP contribution in [0.4, 0.5) is 0 Å². The van der Waals surface area contributed by atoms with Crippen molar-refractivity contribution < 1.29 is 33.6 Å². The van der Waals surface area contributed by atoms with E-state index in [0.717, 1.165) is 57.8 Å². The van der Waals surface area contributed by atoms with Crippen molar-refractivity contribution in [2.75, 3.05) is 0 Å². The zero-order valence-electron chi connectivity index (χ0n) is 17.4. The van der Waals surface area contributed by atoms with Crippen molar-refractivity contribution in [3.63, 3.8) is 0 Å². The van der Waals surface area contributed by atoms with E-state index in [1.165, 1.54) is 0 Å². The van der Waals surface area contributed by atoms with E-state index < -0.39 is 10.8 Å². The van der Waals surface area contributed by atoms with E-state index in [-0.39, 0.29) is 36.4 Å². The third-order valence-corrected chi connectivity index (χ3v) is 7.78. The monoisotopic (exact) mass is 408 g/mol. The number of esters is 1. The Morgan fingerprint density at radius 1 is 0.724 bits per heavy atom. The van der Waals surface area contributed by atoms with Gasteiger partial charge in [0.15, 0.2) is 0 Å². The van der Waals surface area contributed by atoms with Gasteiger partial charge in [0.25, 0.3) is 0 Å². The highest BCUT2D eigenvalue weighted by molar-refractivity contribution is 5.77. The smallest absolute Gasteiger partial charge is 0.348 e. The van der Waals surface area contributed by atoms with Gasteiger partial charge in [0.05, 0.1) is 35.2 Å². The topological polar surface area (TPSA) is 86.9 Å². The lowest BCUT2D eigenvalue weighted by Gasteiger charge is -2.33. The molecule has 29 heavy (non-hydrogen) atoms. The van der Waals surface area contributed by atoms with E-state index in [1.807, 2.05) is 13.8 Å². The molecular weight excluding hydrogens is 376 g/mol.